The van der Waals surface area contributed by atoms with Crippen molar-refractivity contribution in [3.8, 4) is 5.75 Å². The van der Waals surface area contributed by atoms with E-state index in [1.54, 1.807) is 26.0 Å². The monoisotopic (exact) mass is 287 g/mol. The Balaban J connectivity index is 2.15. The molecule has 2 rings (SSSR count). The van der Waals surface area contributed by atoms with Gasteiger partial charge >= 0.3 is 0 Å². The highest BCUT2D eigenvalue weighted by Crippen LogP contribution is 2.16. The fourth-order valence-electron chi connectivity index (χ4n) is 2.19. The number of ether oxygens (including phenoxy) is 1. The van der Waals surface area contributed by atoms with Gasteiger partial charge in [-0.05, 0) is 48.4 Å². The molecule has 2 aromatic rings. The van der Waals surface area contributed by atoms with Crippen LogP contribution in [0.1, 0.15) is 21.5 Å². The van der Waals surface area contributed by atoms with E-state index in [1.807, 2.05) is 24.3 Å². The van der Waals surface area contributed by atoms with Gasteiger partial charge in [-0.1, -0.05) is 12.1 Å². The van der Waals surface area contributed by atoms with E-state index in [1.165, 1.54) is 18.2 Å². The van der Waals surface area contributed by atoms with Gasteiger partial charge in [0.25, 0.3) is 5.91 Å². The third kappa shape index (κ3) is 3.60. The Morgan fingerprint density at radius 2 is 2.00 bits per heavy atom. The minimum atomic E-state index is -0.334. The zero-order chi connectivity index (χ0) is 15.4. The van der Waals surface area contributed by atoms with Crippen LogP contribution >= 0.6 is 0 Å². The summed E-state index contributed by atoms with van der Waals surface area (Å²) in [4.78, 5) is 14.0. The van der Waals surface area contributed by atoms with E-state index in [2.05, 4.69) is 0 Å². The molecule has 0 atom stereocenters. The van der Waals surface area contributed by atoms with Crippen LogP contribution in [0.3, 0.4) is 0 Å². The van der Waals surface area contributed by atoms with Crippen LogP contribution in [-0.2, 0) is 6.54 Å². The van der Waals surface area contributed by atoms with Crippen LogP contribution < -0.4 is 4.74 Å². The van der Waals surface area contributed by atoms with Crippen molar-refractivity contribution >= 4 is 5.91 Å². The number of amides is 1. The number of rotatable bonds is 4. The lowest BCUT2D eigenvalue weighted by Crippen LogP contribution is -2.26. The summed E-state index contributed by atoms with van der Waals surface area (Å²) in [5.41, 5.74) is 2.13. The molecule has 0 saturated heterocycles. The summed E-state index contributed by atoms with van der Waals surface area (Å²) in [7, 11) is 3.33. The van der Waals surface area contributed by atoms with Crippen molar-refractivity contribution in [1.82, 2.24) is 4.90 Å². The molecular formula is C17H18FNO2. The number of halogens is 1. The Hall–Kier alpha value is -2.36. The lowest BCUT2D eigenvalue weighted by Gasteiger charge is -2.19. The molecule has 1 amide bonds. The molecule has 2 aromatic carbocycles. The molecule has 21 heavy (non-hydrogen) atoms. The van der Waals surface area contributed by atoms with Crippen molar-refractivity contribution in [1.29, 1.82) is 0 Å². The summed E-state index contributed by atoms with van der Waals surface area (Å²) >= 11 is 0. The van der Waals surface area contributed by atoms with E-state index < -0.39 is 0 Å². The Morgan fingerprint density at radius 1 is 1.24 bits per heavy atom. The first kappa shape index (κ1) is 15.0. The summed E-state index contributed by atoms with van der Waals surface area (Å²) in [6, 6.07) is 11.8. The maximum absolute atomic E-state index is 13.1. The Bertz CT molecular complexity index is 655. The topological polar surface area (TPSA) is 29.5 Å². The molecule has 0 aromatic heterocycles. The number of aryl methyl sites for hydroxylation is 1. The Kier molecular flexibility index (Phi) is 4.58. The highest BCUT2D eigenvalue weighted by atomic mass is 19.1. The third-order valence-electron chi connectivity index (χ3n) is 3.32. The second-order valence-corrected chi connectivity index (χ2v) is 4.97. The molecule has 0 spiro atoms. The van der Waals surface area contributed by atoms with Crippen molar-refractivity contribution in [3.63, 3.8) is 0 Å². The summed E-state index contributed by atoms with van der Waals surface area (Å²) < 4.78 is 18.3. The van der Waals surface area contributed by atoms with Crippen LogP contribution in [0.5, 0.6) is 5.75 Å². The number of benzene rings is 2. The maximum Gasteiger partial charge on any atom is 0.254 e. The molecule has 0 radical (unpaired) electrons. The molecule has 0 heterocycles. The van der Waals surface area contributed by atoms with Gasteiger partial charge in [0.05, 0.1) is 7.11 Å². The van der Waals surface area contributed by atoms with E-state index >= 15 is 0 Å². The van der Waals surface area contributed by atoms with Crippen molar-refractivity contribution < 1.29 is 13.9 Å². The van der Waals surface area contributed by atoms with Crippen LogP contribution in [-0.4, -0.2) is 25.0 Å². The van der Waals surface area contributed by atoms with Crippen molar-refractivity contribution in [2.24, 2.45) is 0 Å². The molecule has 110 valence electrons. The quantitative estimate of drug-likeness (QED) is 0.862. The Morgan fingerprint density at radius 3 is 2.67 bits per heavy atom. The second-order valence-electron chi connectivity index (χ2n) is 4.97. The predicted octanol–water partition coefficient (Wildman–Crippen LogP) is 3.41. The summed E-state index contributed by atoms with van der Waals surface area (Å²) in [5, 5.41) is 0. The van der Waals surface area contributed by atoms with Crippen molar-refractivity contribution in [2.75, 3.05) is 14.2 Å². The number of hydrogen-bond acceptors (Lipinski definition) is 2. The molecule has 0 bridgehead atoms. The van der Waals surface area contributed by atoms with Gasteiger partial charge in [0.15, 0.2) is 0 Å². The number of carbonyl (C=O) groups excluding carboxylic acids is 1. The third-order valence-corrected chi connectivity index (χ3v) is 3.32. The molecule has 4 heteroatoms. The van der Waals surface area contributed by atoms with Crippen LogP contribution in [0.4, 0.5) is 4.39 Å². The van der Waals surface area contributed by atoms with Gasteiger partial charge in [-0.2, -0.15) is 0 Å². The van der Waals surface area contributed by atoms with Crippen LogP contribution in [0.2, 0.25) is 0 Å². The minimum Gasteiger partial charge on any atom is -0.497 e. The van der Waals surface area contributed by atoms with Crippen LogP contribution in [0, 0.1) is 12.7 Å². The van der Waals surface area contributed by atoms with Crippen LogP contribution in [0.25, 0.3) is 0 Å². The van der Waals surface area contributed by atoms with Gasteiger partial charge in [-0.3, -0.25) is 4.79 Å². The van der Waals surface area contributed by atoms with Crippen LogP contribution in [0.15, 0.2) is 42.5 Å². The molecule has 0 aliphatic carbocycles. The standard InChI is InChI=1S/C17H18FNO2/c1-12-9-14(18)7-8-16(12)17(20)19(2)11-13-5-4-6-15(10-13)21-3/h4-10H,11H2,1-3H3. The summed E-state index contributed by atoms with van der Waals surface area (Å²) in [5.74, 6) is 0.293. The normalized spacial score (nSPS) is 10.3. The van der Waals surface area contributed by atoms with Crippen molar-refractivity contribution in [3.05, 3.63) is 65.0 Å². The number of hydrogen-bond donors (Lipinski definition) is 0. The van der Waals surface area contributed by atoms with Crippen molar-refractivity contribution in [2.45, 2.75) is 13.5 Å². The van der Waals surface area contributed by atoms with E-state index in [9.17, 15) is 9.18 Å². The molecule has 0 aliphatic rings. The lowest BCUT2D eigenvalue weighted by molar-refractivity contribution is 0.0784. The molecule has 3 nitrogen and oxygen atoms in total. The van der Waals surface area contributed by atoms with Gasteiger partial charge in [0.2, 0.25) is 0 Å². The molecule has 0 saturated carbocycles. The highest BCUT2D eigenvalue weighted by Gasteiger charge is 2.15. The highest BCUT2D eigenvalue weighted by molar-refractivity contribution is 5.95. The first-order valence-electron chi connectivity index (χ1n) is 6.66. The predicted molar refractivity (Wildman–Crippen MR) is 79.9 cm³/mol. The fraction of sp³-hybridized carbons (Fsp3) is 0.235. The minimum absolute atomic E-state index is 0.129. The van der Waals surface area contributed by atoms with E-state index in [0.717, 1.165) is 11.3 Å². The van der Waals surface area contributed by atoms with Gasteiger partial charge in [0.1, 0.15) is 11.6 Å². The SMILES string of the molecule is COc1cccc(CN(C)C(=O)c2ccc(F)cc2C)c1. The summed E-state index contributed by atoms with van der Waals surface area (Å²) in [6.07, 6.45) is 0. The molecule has 0 fully saturated rings. The Labute approximate surface area is 124 Å². The first-order valence-corrected chi connectivity index (χ1v) is 6.66. The van der Waals surface area contributed by atoms with Gasteiger partial charge in [-0.25, -0.2) is 4.39 Å². The lowest BCUT2D eigenvalue weighted by atomic mass is 10.1. The smallest absolute Gasteiger partial charge is 0.254 e. The zero-order valence-electron chi connectivity index (χ0n) is 12.4. The average Bonchev–Trinajstić information content (AvgIpc) is 2.46. The van der Waals surface area contributed by atoms with E-state index in [-0.39, 0.29) is 11.7 Å². The largest absolute Gasteiger partial charge is 0.497 e. The molecule has 0 aliphatic heterocycles. The van der Waals surface area contributed by atoms with Gasteiger partial charge < -0.3 is 9.64 Å². The van der Waals surface area contributed by atoms with E-state index in [0.29, 0.717) is 17.7 Å². The maximum atomic E-state index is 13.1. The van der Waals surface area contributed by atoms with Gasteiger partial charge in [0, 0.05) is 19.2 Å². The van der Waals surface area contributed by atoms with E-state index in [4.69, 9.17) is 4.74 Å². The second kappa shape index (κ2) is 6.39. The van der Waals surface area contributed by atoms with Gasteiger partial charge in [-0.15, -0.1) is 0 Å². The number of nitrogens with zero attached hydrogens (tertiary/aromatic N) is 1. The molecular weight excluding hydrogens is 269 g/mol. The number of carbonyl (C=O) groups is 1. The molecule has 0 N–H and O–H groups in total. The average molecular weight is 287 g/mol. The molecule has 0 unspecified atom stereocenters. The number of methoxy groups -OCH3 is 1. The fourth-order valence-corrected chi connectivity index (χ4v) is 2.19. The zero-order valence-corrected chi connectivity index (χ0v) is 12.4. The summed E-state index contributed by atoms with van der Waals surface area (Å²) in [6.45, 7) is 2.20. The first-order chi connectivity index (χ1) is 10.0.